The Morgan fingerprint density at radius 2 is 1.50 bits per heavy atom. The lowest BCUT2D eigenvalue weighted by atomic mass is 9.95. The number of likely N-dealkylation sites (N-methyl/N-ethyl adjacent to an activating group) is 1. The van der Waals surface area contributed by atoms with Gasteiger partial charge in [-0.3, -0.25) is 4.79 Å². The van der Waals surface area contributed by atoms with Crippen molar-refractivity contribution < 1.29 is 28.8 Å². The zero-order valence-electron chi connectivity index (χ0n) is 22.4. The Labute approximate surface area is 239 Å². The summed E-state index contributed by atoms with van der Waals surface area (Å²) in [5, 5.41) is 13.9. The molecular formula is C32H32ClNO6. The molecule has 1 atom stereocenters. The second-order valence-corrected chi connectivity index (χ2v) is 9.28. The molecule has 40 heavy (non-hydrogen) atoms. The number of rotatable bonds is 13. The Morgan fingerprint density at radius 3 is 2.12 bits per heavy atom. The molecule has 0 saturated carbocycles. The third kappa shape index (κ3) is 7.33. The van der Waals surface area contributed by atoms with E-state index in [1.807, 2.05) is 60.7 Å². The van der Waals surface area contributed by atoms with Crippen molar-refractivity contribution >= 4 is 17.5 Å². The summed E-state index contributed by atoms with van der Waals surface area (Å²) in [5.41, 5.74) is 3.39. The number of nitrogens with one attached hydrogen (secondary N) is 1. The SMILES string of the molecule is CCNC(=O)C(O)c1ccc(OCc2ccccc2)cc1-c1ccc(OCOC)c(OCc2ccccc2)c1Cl. The third-order valence-corrected chi connectivity index (χ3v) is 6.45. The minimum atomic E-state index is -1.42. The summed E-state index contributed by atoms with van der Waals surface area (Å²) in [5.74, 6) is 0.745. The van der Waals surface area contributed by atoms with Crippen LogP contribution in [0.2, 0.25) is 5.02 Å². The maximum Gasteiger partial charge on any atom is 0.253 e. The van der Waals surface area contributed by atoms with Crippen molar-refractivity contribution in [2.45, 2.75) is 26.2 Å². The normalized spacial score (nSPS) is 11.5. The van der Waals surface area contributed by atoms with Crippen molar-refractivity contribution in [1.29, 1.82) is 0 Å². The molecule has 208 valence electrons. The lowest BCUT2D eigenvalue weighted by Gasteiger charge is -2.20. The zero-order valence-corrected chi connectivity index (χ0v) is 23.2. The van der Waals surface area contributed by atoms with E-state index in [-0.39, 0.29) is 18.4 Å². The fraction of sp³-hybridized carbons (Fsp3) is 0.219. The minimum absolute atomic E-state index is 0.00133. The van der Waals surface area contributed by atoms with Crippen molar-refractivity contribution in [1.82, 2.24) is 5.32 Å². The highest BCUT2D eigenvalue weighted by molar-refractivity contribution is 6.35. The molecule has 0 aliphatic heterocycles. The molecule has 0 heterocycles. The van der Waals surface area contributed by atoms with Gasteiger partial charge < -0.3 is 29.4 Å². The highest BCUT2D eigenvalue weighted by atomic mass is 35.5. The van der Waals surface area contributed by atoms with Crippen LogP contribution in [0.25, 0.3) is 11.1 Å². The number of aliphatic hydroxyl groups is 1. The number of aliphatic hydroxyl groups excluding tert-OH is 1. The molecule has 0 bridgehead atoms. The van der Waals surface area contributed by atoms with Crippen LogP contribution in [0, 0.1) is 0 Å². The Balaban J connectivity index is 1.75. The number of carbonyl (C=O) groups is 1. The van der Waals surface area contributed by atoms with Crippen molar-refractivity contribution in [3.05, 3.63) is 113 Å². The molecule has 7 nitrogen and oxygen atoms in total. The number of halogens is 1. The molecule has 4 aromatic carbocycles. The van der Waals surface area contributed by atoms with E-state index in [1.165, 1.54) is 7.11 Å². The first-order valence-electron chi connectivity index (χ1n) is 12.9. The molecule has 0 saturated heterocycles. The van der Waals surface area contributed by atoms with E-state index in [2.05, 4.69) is 5.32 Å². The van der Waals surface area contributed by atoms with Gasteiger partial charge in [0.25, 0.3) is 5.91 Å². The van der Waals surface area contributed by atoms with Crippen LogP contribution in [0.3, 0.4) is 0 Å². The largest absolute Gasteiger partial charge is 0.489 e. The molecule has 0 radical (unpaired) electrons. The number of benzene rings is 4. The highest BCUT2D eigenvalue weighted by Crippen LogP contribution is 2.45. The van der Waals surface area contributed by atoms with Crippen LogP contribution in [-0.4, -0.2) is 31.5 Å². The van der Waals surface area contributed by atoms with E-state index < -0.39 is 12.0 Å². The second-order valence-electron chi connectivity index (χ2n) is 8.90. The molecule has 1 amide bonds. The van der Waals surface area contributed by atoms with E-state index in [4.69, 9.17) is 30.5 Å². The summed E-state index contributed by atoms with van der Waals surface area (Å²) in [6.07, 6.45) is -1.42. The van der Waals surface area contributed by atoms with Gasteiger partial charge in [-0.05, 0) is 53.4 Å². The predicted octanol–water partition coefficient (Wildman–Crippen LogP) is 6.32. The summed E-state index contributed by atoms with van der Waals surface area (Å²) in [6, 6.07) is 28.1. The van der Waals surface area contributed by atoms with Crippen molar-refractivity contribution in [3.8, 4) is 28.4 Å². The van der Waals surface area contributed by atoms with E-state index in [0.29, 0.717) is 47.1 Å². The number of hydrogen-bond acceptors (Lipinski definition) is 6. The number of amides is 1. The van der Waals surface area contributed by atoms with Gasteiger partial charge in [0.1, 0.15) is 19.0 Å². The predicted molar refractivity (Wildman–Crippen MR) is 155 cm³/mol. The van der Waals surface area contributed by atoms with E-state index >= 15 is 0 Å². The van der Waals surface area contributed by atoms with Gasteiger partial charge >= 0.3 is 0 Å². The number of ether oxygens (including phenoxy) is 4. The van der Waals surface area contributed by atoms with E-state index in [0.717, 1.165) is 11.1 Å². The number of carbonyl (C=O) groups excluding carboxylic acids is 1. The van der Waals surface area contributed by atoms with Gasteiger partial charge in [0.15, 0.2) is 24.4 Å². The molecule has 0 spiro atoms. The lowest BCUT2D eigenvalue weighted by Crippen LogP contribution is -2.29. The van der Waals surface area contributed by atoms with Gasteiger partial charge in [-0.25, -0.2) is 0 Å². The van der Waals surface area contributed by atoms with Crippen LogP contribution in [0.1, 0.15) is 29.7 Å². The van der Waals surface area contributed by atoms with Gasteiger partial charge in [-0.2, -0.15) is 0 Å². The summed E-state index contributed by atoms with van der Waals surface area (Å²) >= 11 is 6.97. The van der Waals surface area contributed by atoms with Crippen LogP contribution < -0.4 is 19.5 Å². The number of methoxy groups -OCH3 is 1. The minimum Gasteiger partial charge on any atom is -0.489 e. The fourth-order valence-corrected chi connectivity index (χ4v) is 4.41. The Bertz CT molecular complexity index is 1400. The molecular weight excluding hydrogens is 530 g/mol. The Morgan fingerprint density at radius 1 is 0.850 bits per heavy atom. The first-order valence-corrected chi connectivity index (χ1v) is 13.3. The number of hydrogen-bond donors (Lipinski definition) is 2. The van der Waals surface area contributed by atoms with Gasteiger partial charge in [-0.15, -0.1) is 0 Å². The lowest BCUT2D eigenvalue weighted by molar-refractivity contribution is -0.129. The molecule has 0 fully saturated rings. The first kappa shape index (κ1) is 29.0. The average molecular weight is 562 g/mol. The molecule has 1 unspecified atom stereocenters. The summed E-state index contributed by atoms with van der Waals surface area (Å²) in [4.78, 5) is 12.6. The quantitative estimate of drug-likeness (QED) is 0.186. The van der Waals surface area contributed by atoms with Crippen molar-refractivity contribution in [2.24, 2.45) is 0 Å². The molecule has 8 heteroatoms. The van der Waals surface area contributed by atoms with Crippen LogP contribution in [0.5, 0.6) is 17.2 Å². The van der Waals surface area contributed by atoms with Gasteiger partial charge in [-0.1, -0.05) is 78.3 Å². The van der Waals surface area contributed by atoms with Crippen LogP contribution >= 0.6 is 11.6 Å². The third-order valence-electron chi connectivity index (χ3n) is 6.08. The van der Waals surface area contributed by atoms with Crippen LogP contribution in [-0.2, 0) is 22.7 Å². The molecule has 0 aliphatic carbocycles. The second kappa shape index (κ2) is 14.4. The van der Waals surface area contributed by atoms with Crippen LogP contribution in [0.4, 0.5) is 0 Å². The zero-order chi connectivity index (χ0) is 28.3. The smallest absolute Gasteiger partial charge is 0.253 e. The van der Waals surface area contributed by atoms with Crippen molar-refractivity contribution in [2.75, 3.05) is 20.4 Å². The fourth-order valence-electron chi connectivity index (χ4n) is 4.10. The maximum absolute atomic E-state index is 12.6. The summed E-state index contributed by atoms with van der Waals surface area (Å²) < 4.78 is 23.0. The highest BCUT2D eigenvalue weighted by Gasteiger charge is 2.25. The van der Waals surface area contributed by atoms with Gasteiger partial charge in [0, 0.05) is 19.2 Å². The molecule has 2 N–H and O–H groups in total. The van der Waals surface area contributed by atoms with Gasteiger partial charge in [0.05, 0.1) is 5.02 Å². The Kier molecular flexibility index (Phi) is 10.4. The van der Waals surface area contributed by atoms with Gasteiger partial charge in [0.2, 0.25) is 0 Å². The summed E-state index contributed by atoms with van der Waals surface area (Å²) in [6.45, 7) is 2.77. The summed E-state index contributed by atoms with van der Waals surface area (Å²) in [7, 11) is 1.52. The monoisotopic (exact) mass is 561 g/mol. The molecule has 0 aliphatic rings. The van der Waals surface area contributed by atoms with Crippen LogP contribution in [0.15, 0.2) is 91.0 Å². The molecule has 0 aromatic heterocycles. The van der Waals surface area contributed by atoms with Crippen molar-refractivity contribution in [3.63, 3.8) is 0 Å². The Hall–Kier alpha value is -4.04. The van der Waals surface area contributed by atoms with E-state index in [9.17, 15) is 9.90 Å². The molecule has 4 aromatic rings. The maximum atomic E-state index is 12.6. The average Bonchev–Trinajstić information content (AvgIpc) is 2.99. The first-order chi connectivity index (χ1) is 19.5. The van der Waals surface area contributed by atoms with E-state index in [1.54, 1.807) is 37.3 Å². The molecule has 4 rings (SSSR count). The standard InChI is InChI=1S/C32H32ClNO6/c1-3-34-32(36)30(35)26-15-14-24(38-19-22-10-6-4-7-11-22)18-27(26)25-16-17-28(40-21-37-2)31(29(25)33)39-20-23-12-8-5-9-13-23/h4-18,30,35H,3,19-21H2,1-2H3,(H,34,36). The topological polar surface area (TPSA) is 86.3 Å².